The van der Waals surface area contributed by atoms with Crippen LogP contribution in [0.25, 0.3) is 0 Å². The predicted molar refractivity (Wildman–Crippen MR) is 112 cm³/mol. The molecule has 0 aliphatic heterocycles. The maximum atomic E-state index is 12.5. The van der Waals surface area contributed by atoms with Gasteiger partial charge in [-0.1, -0.05) is 12.1 Å². The first-order chi connectivity index (χ1) is 13.2. The number of Topliss-reactive ketones (excluding diaryl/α,β-unsaturated/α-hetero) is 1. The van der Waals surface area contributed by atoms with Gasteiger partial charge in [0.15, 0.2) is 5.78 Å². The second-order valence-electron chi connectivity index (χ2n) is 7.08. The molecule has 6 heteroatoms. The summed E-state index contributed by atoms with van der Waals surface area (Å²) in [4.78, 5) is 37.8. The van der Waals surface area contributed by atoms with Crippen LogP contribution in [0.3, 0.4) is 0 Å². The van der Waals surface area contributed by atoms with Crippen LogP contribution in [0, 0.1) is 13.8 Å². The quantitative estimate of drug-likeness (QED) is 0.721. The van der Waals surface area contributed by atoms with E-state index in [1.807, 2.05) is 32.0 Å². The molecule has 0 aliphatic rings. The van der Waals surface area contributed by atoms with Crippen molar-refractivity contribution in [1.29, 1.82) is 0 Å². The molecule has 0 fully saturated rings. The molecule has 0 unspecified atom stereocenters. The first-order valence-corrected chi connectivity index (χ1v) is 9.16. The molecule has 0 radical (unpaired) electrons. The van der Waals surface area contributed by atoms with Crippen LogP contribution in [-0.2, 0) is 9.59 Å². The number of nitrogens with one attached hydrogen (secondary N) is 2. The Morgan fingerprint density at radius 1 is 1.00 bits per heavy atom. The van der Waals surface area contributed by atoms with Crippen LogP contribution in [0.1, 0.15) is 35.3 Å². The van der Waals surface area contributed by atoms with Gasteiger partial charge >= 0.3 is 0 Å². The first kappa shape index (κ1) is 21.3. The summed E-state index contributed by atoms with van der Waals surface area (Å²) in [6.45, 7) is 7.23. The highest BCUT2D eigenvalue weighted by Gasteiger charge is 2.20. The first-order valence-electron chi connectivity index (χ1n) is 9.16. The lowest BCUT2D eigenvalue weighted by Gasteiger charge is -2.23. The average Bonchev–Trinajstić information content (AvgIpc) is 2.64. The van der Waals surface area contributed by atoms with Crippen LogP contribution in [-0.4, -0.2) is 42.1 Å². The molecular weight excluding hydrogens is 354 g/mol. The van der Waals surface area contributed by atoms with Gasteiger partial charge in [-0.25, -0.2) is 0 Å². The van der Waals surface area contributed by atoms with E-state index < -0.39 is 6.04 Å². The van der Waals surface area contributed by atoms with E-state index in [1.165, 1.54) is 6.92 Å². The number of aryl methyl sites for hydroxylation is 2. The van der Waals surface area contributed by atoms with Gasteiger partial charge in [-0.15, -0.1) is 0 Å². The lowest BCUT2D eigenvalue weighted by Crippen LogP contribution is -2.43. The summed E-state index contributed by atoms with van der Waals surface area (Å²) >= 11 is 0. The Morgan fingerprint density at radius 3 is 2.25 bits per heavy atom. The molecule has 2 aromatic rings. The molecule has 2 N–H and O–H groups in total. The maximum absolute atomic E-state index is 12.5. The maximum Gasteiger partial charge on any atom is 0.241 e. The predicted octanol–water partition coefficient (Wildman–Crippen LogP) is 3.40. The number of nitrogens with zero attached hydrogens (tertiary/aromatic N) is 1. The van der Waals surface area contributed by atoms with Crippen molar-refractivity contribution in [3.63, 3.8) is 0 Å². The fraction of sp³-hybridized carbons (Fsp3) is 0.318. The number of carbonyl (C=O) groups excluding carboxylic acids is 3. The largest absolute Gasteiger partial charge is 0.325 e. The molecule has 28 heavy (non-hydrogen) atoms. The van der Waals surface area contributed by atoms with Crippen LogP contribution in [0.2, 0.25) is 0 Å². The number of hydrogen-bond donors (Lipinski definition) is 2. The smallest absolute Gasteiger partial charge is 0.241 e. The van der Waals surface area contributed by atoms with Gasteiger partial charge in [0.05, 0.1) is 12.6 Å². The van der Waals surface area contributed by atoms with Gasteiger partial charge in [-0.3, -0.25) is 19.3 Å². The van der Waals surface area contributed by atoms with E-state index >= 15 is 0 Å². The zero-order chi connectivity index (χ0) is 20.8. The minimum absolute atomic E-state index is 0.0270. The average molecular weight is 381 g/mol. The Bertz CT molecular complexity index is 875. The second kappa shape index (κ2) is 9.28. The lowest BCUT2D eigenvalue weighted by molar-refractivity contribution is -0.122. The van der Waals surface area contributed by atoms with Gasteiger partial charge in [0, 0.05) is 16.9 Å². The highest BCUT2D eigenvalue weighted by molar-refractivity contribution is 5.97. The summed E-state index contributed by atoms with van der Waals surface area (Å²) in [5.41, 5.74) is 4.03. The van der Waals surface area contributed by atoms with Gasteiger partial charge in [-0.2, -0.15) is 0 Å². The third-order valence-electron chi connectivity index (χ3n) is 4.66. The van der Waals surface area contributed by atoms with Crippen molar-refractivity contribution < 1.29 is 14.4 Å². The van der Waals surface area contributed by atoms with Crippen molar-refractivity contribution in [1.82, 2.24) is 4.90 Å². The Hall–Kier alpha value is -2.99. The van der Waals surface area contributed by atoms with Crippen LogP contribution in [0.4, 0.5) is 11.4 Å². The normalized spacial score (nSPS) is 11.8. The third kappa shape index (κ3) is 5.76. The van der Waals surface area contributed by atoms with Crippen molar-refractivity contribution in [2.24, 2.45) is 0 Å². The Balaban J connectivity index is 1.92. The number of ketones is 1. The number of likely N-dealkylation sites (N-methyl/N-ethyl adjacent to an activating group) is 1. The highest BCUT2D eigenvalue weighted by atomic mass is 16.2. The molecule has 2 aromatic carbocycles. The Morgan fingerprint density at radius 2 is 1.64 bits per heavy atom. The lowest BCUT2D eigenvalue weighted by atomic mass is 10.1. The summed E-state index contributed by atoms with van der Waals surface area (Å²) in [7, 11) is 1.73. The molecule has 6 nitrogen and oxygen atoms in total. The van der Waals surface area contributed by atoms with E-state index in [0.717, 1.165) is 16.8 Å². The van der Waals surface area contributed by atoms with Gasteiger partial charge in [-0.05, 0) is 76.2 Å². The van der Waals surface area contributed by atoms with Crippen LogP contribution >= 0.6 is 0 Å². The zero-order valence-corrected chi connectivity index (χ0v) is 17.0. The molecule has 0 aliphatic carbocycles. The number of rotatable bonds is 7. The minimum atomic E-state index is -0.503. The van der Waals surface area contributed by atoms with E-state index in [0.29, 0.717) is 11.3 Å². The van der Waals surface area contributed by atoms with Gasteiger partial charge in [0.1, 0.15) is 0 Å². The van der Waals surface area contributed by atoms with Crippen LogP contribution < -0.4 is 10.6 Å². The molecule has 2 amide bonds. The monoisotopic (exact) mass is 381 g/mol. The van der Waals surface area contributed by atoms with Gasteiger partial charge in [0.25, 0.3) is 0 Å². The Labute approximate surface area is 165 Å². The van der Waals surface area contributed by atoms with Crippen LogP contribution in [0.5, 0.6) is 0 Å². The molecule has 2 rings (SSSR count). The van der Waals surface area contributed by atoms with Gasteiger partial charge in [0.2, 0.25) is 11.8 Å². The van der Waals surface area contributed by atoms with Crippen molar-refractivity contribution in [3.8, 4) is 0 Å². The highest BCUT2D eigenvalue weighted by Crippen LogP contribution is 2.16. The summed E-state index contributed by atoms with van der Waals surface area (Å²) in [6, 6.07) is 12.1. The van der Waals surface area contributed by atoms with Crippen molar-refractivity contribution in [2.45, 2.75) is 33.7 Å². The molecular formula is C22H27N3O3. The van der Waals surface area contributed by atoms with Crippen molar-refractivity contribution in [3.05, 3.63) is 59.2 Å². The zero-order valence-electron chi connectivity index (χ0n) is 17.0. The number of benzene rings is 2. The van der Waals surface area contributed by atoms with E-state index in [4.69, 9.17) is 0 Å². The van der Waals surface area contributed by atoms with Crippen molar-refractivity contribution in [2.75, 3.05) is 24.2 Å². The fourth-order valence-corrected chi connectivity index (χ4v) is 2.66. The number of carbonyl (C=O) groups is 3. The number of hydrogen-bond acceptors (Lipinski definition) is 4. The third-order valence-corrected chi connectivity index (χ3v) is 4.66. The molecule has 1 atom stereocenters. The number of anilines is 2. The Kier molecular flexibility index (Phi) is 7.06. The number of amides is 2. The second-order valence-corrected chi connectivity index (χ2v) is 7.08. The molecule has 0 saturated heterocycles. The standard InChI is InChI=1S/C22H27N3O3/c1-14-6-7-15(2)20(12-14)24-21(27)13-25(5)16(3)22(28)23-19-10-8-18(9-11-19)17(4)26/h6-12,16H,13H2,1-5H3,(H,23,28)(H,24,27)/t16-/m1/s1. The van der Waals surface area contributed by atoms with Crippen molar-refractivity contribution >= 4 is 29.0 Å². The van der Waals surface area contributed by atoms with Crippen LogP contribution in [0.15, 0.2) is 42.5 Å². The van der Waals surface area contributed by atoms with E-state index in [-0.39, 0.29) is 24.1 Å². The molecule has 0 saturated carbocycles. The molecule has 0 heterocycles. The SMILES string of the molecule is CC(=O)c1ccc(NC(=O)[C@@H](C)N(C)CC(=O)Nc2cc(C)ccc2C)cc1. The van der Waals surface area contributed by atoms with Gasteiger partial charge < -0.3 is 10.6 Å². The minimum Gasteiger partial charge on any atom is -0.325 e. The summed E-state index contributed by atoms with van der Waals surface area (Å²) in [5, 5.41) is 5.70. The van der Waals surface area contributed by atoms with E-state index in [2.05, 4.69) is 10.6 Å². The molecule has 0 aromatic heterocycles. The molecule has 148 valence electrons. The molecule has 0 bridgehead atoms. The van der Waals surface area contributed by atoms with E-state index in [1.54, 1.807) is 43.1 Å². The summed E-state index contributed by atoms with van der Waals surface area (Å²) in [6.07, 6.45) is 0. The summed E-state index contributed by atoms with van der Waals surface area (Å²) in [5.74, 6) is -0.430. The fourth-order valence-electron chi connectivity index (χ4n) is 2.66. The summed E-state index contributed by atoms with van der Waals surface area (Å²) < 4.78 is 0. The van der Waals surface area contributed by atoms with E-state index in [9.17, 15) is 14.4 Å². The molecule has 0 spiro atoms. The topological polar surface area (TPSA) is 78.5 Å².